The highest BCUT2D eigenvalue weighted by molar-refractivity contribution is 5.91. The number of carbonyl (C=O) groups excluding carboxylic acids is 1. The molecule has 2 bridgehead atoms. The van der Waals surface area contributed by atoms with Crippen LogP contribution in [-0.2, 0) is 13.0 Å². The van der Waals surface area contributed by atoms with Gasteiger partial charge in [0.1, 0.15) is 18.1 Å². The average Bonchev–Trinajstić information content (AvgIpc) is 3.18. The number of furan rings is 1. The molecule has 0 radical (unpaired) electrons. The first-order valence-corrected chi connectivity index (χ1v) is 9.66. The number of nitrogens with zero attached hydrogens (tertiary/aromatic N) is 1. The summed E-state index contributed by atoms with van der Waals surface area (Å²) in [4.78, 5) is 15.0. The van der Waals surface area contributed by atoms with Gasteiger partial charge in [0.15, 0.2) is 5.76 Å². The molecule has 0 aliphatic carbocycles. The summed E-state index contributed by atoms with van der Waals surface area (Å²) in [6.07, 6.45) is 4.95. The van der Waals surface area contributed by atoms with Gasteiger partial charge in [0, 0.05) is 12.6 Å². The molecule has 4 heterocycles. The Hall–Kier alpha value is -2.53. The van der Waals surface area contributed by atoms with Gasteiger partial charge in [-0.25, -0.2) is 0 Å². The first-order chi connectivity index (χ1) is 13.2. The Balaban J connectivity index is 1.34. The number of amides is 1. The maximum Gasteiger partial charge on any atom is 0.287 e. The lowest BCUT2D eigenvalue weighted by molar-refractivity contribution is 0.0604. The van der Waals surface area contributed by atoms with E-state index in [0.29, 0.717) is 24.0 Å². The summed E-state index contributed by atoms with van der Waals surface area (Å²) >= 11 is 0. The molecule has 2 aromatic rings. The van der Waals surface area contributed by atoms with Crippen LogP contribution in [0.4, 0.5) is 0 Å². The summed E-state index contributed by atoms with van der Waals surface area (Å²) in [5.41, 5.74) is 1.08. The molecule has 142 valence electrons. The number of piperidine rings is 3. The van der Waals surface area contributed by atoms with Crippen molar-refractivity contribution in [3.8, 4) is 5.75 Å². The molecule has 5 nitrogen and oxygen atoms in total. The second-order valence-corrected chi connectivity index (χ2v) is 7.37. The van der Waals surface area contributed by atoms with E-state index in [9.17, 15) is 4.79 Å². The van der Waals surface area contributed by atoms with E-state index in [1.54, 1.807) is 6.07 Å². The lowest BCUT2D eigenvalue weighted by Gasteiger charge is -2.44. The van der Waals surface area contributed by atoms with Crippen molar-refractivity contribution in [2.75, 3.05) is 19.6 Å². The second kappa shape index (κ2) is 8.01. The van der Waals surface area contributed by atoms with Crippen molar-refractivity contribution < 1.29 is 13.9 Å². The van der Waals surface area contributed by atoms with Gasteiger partial charge in [-0.15, -0.1) is 6.58 Å². The third kappa shape index (κ3) is 4.08. The van der Waals surface area contributed by atoms with Crippen molar-refractivity contribution in [1.82, 2.24) is 10.2 Å². The van der Waals surface area contributed by atoms with Gasteiger partial charge in [-0.05, 0) is 62.0 Å². The fourth-order valence-corrected chi connectivity index (χ4v) is 4.06. The lowest BCUT2D eigenvalue weighted by atomic mass is 9.84. The number of benzene rings is 1. The quantitative estimate of drug-likeness (QED) is 0.763. The van der Waals surface area contributed by atoms with Crippen molar-refractivity contribution in [1.29, 1.82) is 0 Å². The van der Waals surface area contributed by atoms with Gasteiger partial charge in [0.2, 0.25) is 0 Å². The Labute approximate surface area is 160 Å². The van der Waals surface area contributed by atoms with Gasteiger partial charge >= 0.3 is 0 Å². The van der Waals surface area contributed by atoms with E-state index in [1.807, 2.05) is 36.4 Å². The number of carbonyl (C=O) groups is 1. The lowest BCUT2D eigenvalue weighted by Crippen LogP contribution is -2.57. The summed E-state index contributed by atoms with van der Waals surface area (Å²) in [6.45, 7) is 7.34. The van der Waals surface area contributed by atoms with Gasteiger partial charge in [0.25, 0.3) is 5.91 Å². The van der Waals surface area contributed by atoms with Gasteiger partial charge in [0.05, 0.1) is 0 Å². The van der Waals surface area contributed by atoms with E-state index in [-0.39, 0.29) is 11.9 Å². The van der Waals surface area contributed by atoms with E-state index < -0.39 is 0 Å². The van der Waals surface area contributed by atoms with Crippen LogP contribution in [0.25, 0.3) is 0 Å². The topological polar surface area (TPSA) is 54.7 Å². The minimum absolute atomic E-state index is 0.132. The maximum atomic E-state index is 12.5. The Bertz CT molecular complexity index is 805. The molecule has 3 aliphatic rings. The van der Waals surface area contributed by atoms with Crippen LogP contribution in [0.5, 0.6) is 5.75 Å². The number of para-hydroxylation sites is 1. The Morgan fingerprint density at radius 2 is 2.07 bits per heavy atom. The van der Waals surface area contributed by atoms with Crippen molar-refractivity contribution in [2.24, 2.45) is 5.92 Å². The molecule has 1 amide bonds. The zero-order valence-electron chi connectivity index (χ0n) is 15.5. The normalized spacial score (nSPS) is 23.8. The first kappa shape index (κ1) is 17.9. The summed E-state index contributed by atoms with van der Waals surface area (Å²) in [6, 6.07) is 11.6. The molecule has 3 saturated heterocycles. The molecule has 1 aromatic heterocycles. The Morgan fingerprint density at radius 3 is 2.81 bits per heavy atom. The zero-order chi connectivity index (χ0) is 18.6. The summed E-state index contributed by atoms with van der Waals surface area (Å²) in [5.74, 6) is 2.27. The number of ether oxygens (including phenoxy) is 1. The second-order valence-electron chi connectivity index (χ2n) is 7.37. The van der Waals surface area contributed by atoms with Gasteiger partial charge in [-0.2, -0.15) is 0 Å². The van der Waals surface area contributed by atoms with Crippen LogP contribution < -0.4 is 10.1 Å². The number of fused-ring (bicyclic) bond motifs is 3. The molecule has 0 saturated carbocycles. The van der Waals surface area contributed by atoms with Crippen LogP contribution >= 0.6 is 0 Å². The smallest absolute Gasteiger partial charge is 0.287 e. The SMILES string of the molecule is C=CCc1ccccc1OCc1ccc(C(=O)NC2CN3CCC2CC3)o1. The molecule has 5 rings (SSSR count). The van der Waals surface area contributed by atoms with Crippen molar-refractivity contribution in [3.05, 3.63) is 66.1 Å². The van der Waals surface area contributed by atoms with Crippen LogP contribution in [0.15, 0.2) is 53.5 Å². The van der Waals surface area contributed by atoms with E-state index >= 15 is 0 Å². The molecule has 5 heteroatoms. The number of hydrogen-bond donors (Lipinski definition) is 1. The molecule has 27 heavy (non-hydrogen) atoms. The minimum atomic E-state index is -0.132. The zero-order valence-corrected chi connectivity index (χ0v) is 15.5. The average molecular weight is 366 g/mol. The molecule has 3 fully saturated rings. The predicted molar refractivity (Wildman–Crippen MR) is 104 cm³/mol. The number of rotatable bonds is 7. The third-order valence-electron chi connectivity index (χ3n) is 5.56. The third-order valence-corrected chi connectivity index (χ3v) is 5.56. The summed E-state index contributed by atoms with van der Waals surface area (Å²) in [5, 5.41) is 3.15. The summed E-state index contributed by atoms with van der Waals surface area (Å²) < 4.78 is 11.6. The molecule has 1 atom stereocenters. The van der Waals surface area contributed by atoms with Gasteiger partial charge in [-0.3, -0.25) is 4.79 Å². The molecular weight excluding hydrogens is 340 g/mol. The van der Waals surface area contributed by atoms with Crippen molar-refractivity contribution >= 4 is 5.91 Å². The maximum absolute atomic E-state index is 12.5. The minimum Gasteiger partial charge on any atom is -0.485 e. The van der Waals surface area contributed by atoms with Crippen LogP contribution in [0, 0.1) is 5.92 Å². The highest BCUT2D eigenvalue weighted by Crippen LogP contribution is 2.28. The fraction of sp³-hybridized carbons (Fsp3) is 0.409. The van der Waals surface area contributed by atoms with E-state index in [1.165, 1.54) is 12.8 Å². The molecule has 1 N–H and O–H groups in total. The van der Waals surface area contributed by atoms with Gasteiger partial charge in [-0.1, -0.05) is 24.3 Å². The van der Waals surface area contributed by atoms with E-state index in [0.717, 1.165) is 37.4 Å². The number of hydrogen-bond acceptors (Lipinski definition) is 4. The number of allylic oxidation sites excluding steroid dienone is 1. The van der Waals surface area contributed by atoms with E-state index in [4.69, 9.17) is 9.15 Å². The predicted octanol–water partition coefficient (Wildman–Crippen LogP) is 3.41. The highest BCUT2D eigenvalue weighted by atomic mass is 16.5. The van der Waals surface area contributed by atoms with Crippen LogP contribution in [0.3, 0.4) is 0 Å². The Morgan fingerprint density at radius 1 is 1.26 bits per heavy atom. The molecular formula is C22H26N2O3. The standard InChI is InChI=1S/C22H26N2O3/c1-2-5-17-6-3-4-7-20(17)26-15-18-8-9-21(27-18)22(25)23-19-14-24-12-10-16(19)11-13-24/h2-4,6-9,16,19H,1,5,10-15H2,(H,23,25). The molecule has 0 spiro atoms. The van der Waals surface area contributed by atoms with E-state index in [2.05, 4.69) is 16.8 Å². The highest BCUT2D eigenvalue weighted by Gasteiger charge is 2.35. The van der Waals surface area contributed by atoms with Crippen molar-refractivity contribution in [2.45, 2.75) is 31.9 Å². The van der Waals surface area contributed by atoms with Crippen LogP contribution in [0.1, 0.15) is 34.7 Å². The van der Waals surface area contributed by atoms with Crippen LogP contribution in [-0.4, -0.2) is 36.5 Å². The monoisotopic (exact) mass is 366 g/mol. The summed E-state index contributed by atoms with van der Waals surface area (Å²) in [7, 11) is 0. The Kier molecular flexibility index (Phi) is 5.30. The largest absolute Gasteiger partial charge is 0.485 e. The molecule has 1 aromatic carbocycles. The first-order valence-electron chi connectivity index (χ1n) is 9.66. The van der Waals surface area contributed by atoms with Crippen LogP contribution in [0.2, 0.25) is 0 Å². The van der Waals surface area contributed by atoms with Crippen molar-refractivity contribution in [3.63, 3.8) is 0 Å². The fourth-order valence-electron chi connectivity index (χ4n) is 4.06. The van der Waals surface area contributed by atoms with Gasteiger partial charge < -0.3 is 19.4 Å². The molecule has 3 aliphatic heterocycles. The molecule has 1 unspecified atom stereocenters. The number of nitrogens with one attached hydrogen (secondary N) is 1.